The molecule has 1 atom stereocenters. The van der Waals surface area contributed by atoms with E-state index in [0.717, 1.165) is 0 Å². The fraction of sp³-hybridized carbons (Fsp3) is 0.200. The summed E-state index contributed by atoms with van der Waals surface area (Å²) in [5, 5.41) is 0.404. The highest BCUT2D eigenvalue weighted by Crippen LogP contribution is 2.45. The first-order chi connectivity index (χ1) is 16.1. The first-order valence-corrected chi connectivity index (χ1v) is 10.3. The lowest BCUT2D eigenvalue weighted by atomic mass is 9.97. The first-order valence-electron chi connectivity index (χ1n) is 10.3. The Morgan fingerprint density at radius 3 is 2.30 bits per heavy atom. The van der Waals surface area contributed by atoms with E-state index in [1.807, 2.05) is 0 Å². The van der Waals surface area contributed by atoms with Gasteiger partial charge >= 0.3 is 0 Å². The molecule has 0 fully saturated rings. The molecule has 0 radical (unpaired) electrons. The van der Waals surface area contributed by atoms with Crippen LogP contribution in [0.15, 0.2) is 68.4 Å². The van der Waals surface area contributed by atoms with E-state index in [-0.39, 0.29) is 23.3 Å². The highest BCUT2D eigenvalue weighted by Gasteiger charge is 2.43. The molecule has 33 heavy (non-hydrogen) atoms. The summed E-state index contributed by atoms with van der Waals surface area (Å²) in [7, 11) is 4.53. The van der Waals surface area contributed by atoms with Crippen LogP contribution in [-0.2, 0) is 6.54 Å². The lowest BCUT2D eigenvalue weighted by molar-refractivity contribution is 0.0701. The third-order valence-electron chi connectivity index (χ3n) is 5.78. The van der Waals surface area contributed by atoms with Gasteiger partial charge in [0.25, 0.3) is 5.91 Å². The van der Waals surface area contributed by atoms with Crippen molar-refractivity contribution in [2.24, 2.45) is 0 Å². The number of amides is 1. The summed E-state index contributed by atoms with van der Waals surface area (Å²) < 4.78 is 27.9. The number of hydrogen-bond acceptors (Lipinski definition) is 7. The average molecular weight is 447 g/mol. The van der Waals surface area contributed by atoms with E-state index in [1.54, 1.807) is 53.4 Å². The maximum atomic E-state index is 13.6. The van der Waals surface area contributed by atoms with Crippen molar-refractivity contribution in [3.8, 4) is 17.2 Å². The smallest absolute Gasteiger partial charge is 0.291 e. The number of hydrogen-bond donors (Lipinski definition) is 0. The minimum Gasteiger partial charge on any atom is -0.493 e. The van der Waals surface area contributed by atoms with Gasteiger partial charge in [0.2, 0.25) is 11.5 Å². The Hall–Kier alpha value is -4.20. The van der Waals surface area contributed by atoms with Gasteiger partial charge in [0.15, 0.2) is 16.9 Å². The maximum absolute atomic E-state index is 13.6. The third-order valence-corrected chi connectivity index (χ3v) is 5.78. The summed E-state index contributed by atoms with van der Waals surface area (Å²) in [6.45, 7) is 0.146. The Balaban J connectivity index is 1.77. The number of furan rings is 1. The van der Waals surface area contributed by atoms with Crippen LogP contribution >= 0.6 is 0 Å². The van der Waals surface area contributed by atoms with Crippen LogP contribution < -0.4 is 19.6 Å². The van der Waals surface area contributed by atoms with Gasteiger partial charge in [0.1, 0.15) is 11.3 Å². The summed E-state index contributed by atoms with van der Waals surface area (Å²) in [5.74, 6) is 1.43. The number of nitrogens with zero attached hydrogens (tertiary/aromatic N) is 1. The van der Waals surface area contributed by atoms with Crippen LogP contribution in [0.5, 0.6) is 17.2 Å². The highest BCUT2D eigenvalue weighted by molar-refractivity contribution is 5.99. The van der Waals surface area contributed by atoms with Crippen LogP contribution in [0.4, 0.5) is 0 Å². The van der Waals surface area contributed by atoms with E-state index in [0.29, 0.717) is 39.5 Å². The first kappa shape index (κ1) is 20.7. The Morgan fingerprint density at radius 1 is 0.939 bits per heavy atom. The summed E-state index contributed by atoms with van der Waals surface area (Å²) >= 11 is 0. The van der Waals surface area contributed by atoms with Crippen molar-refractivity contribution < 1.29 is 27.8 Å². The minimum absolute atomic E-state index is 0.0176. The van der Waals surface area contributed by atoms with Gasteiger partial charge < -0.3 is 27.9 Å². The molecule has 2 aromatic carbocycles. The molecule has 5 rings (SSSR count). The van der Waals surface area contributed by atoms with Gasteiger partial charge in [0.05, 0.1) is 51.1 Å². The Kier molecular flexibility index (Phi) is 5.05. The van der Waals surface area contributed by atoms with Crippen LogP contribution in [0.25, 0.3) is 11.0 Å². The van der Waals surface area contributed by atoms with E-state index in [1.165, 1.54) is 27.6 Å². The molecule has 0 spiro atoms. The summed E-state index contributed by atoms with van der Waals surface area (Å²) in [6.07, 6.45) is 1.54. The Morgan fingerprint density at radius 2 is 1.67 bits per heavy atom. The second-order valence-corrected chi connectivity index (χ2v) is 7.54. The third kappa shape index (κ3) is 3.22. The van der Waals surface area contributed by atoms with Crippen molar-refractivity contribution in [3.05, 3.63) is 87.7 Å². The van der Waals surface area contributed by atoms with E-state index in [4.69, 9.17) is 23.0 Å². The summed E-state index contributed by atoms with van der Waals surface area (Å²) in [4.78, 5) is 28.6. The Labute approximate surface area is 188 Å². The molecule has 0 aliphatic carbocycles. The molecule has 1 aliphatic heterocycles. The predicted octanol–water partition coefficient (Wildman–Crippen LogP) is 4.16. The number of methoxy groups -OCH3 is 3. The standard InChI is InChI=1S/C25H21NO7/c1-29-18-11-14(12-19(30-2)23(18)31-3)21-20-22(27)16-8-4-5-9-17(16)33-24(20)25(28)26(21)13-15-7-6-10-32-15/h4-12,21H,13H2,1-3H3/t21-/m0/s1. The SMILES string of the molecule is COc1cc([C@H]2c3c(oc4ccccc4c3=O)C(=O)N2Cc2ccco2)cc(OC)c1OC. The molecule has 1 aliphatic rings. The molecule has 0 N–H and O–H groups in total. The largest absolute Gasteiger partial charge is 0.493 e. The zero-order chi connectivity index (χ0) is 23.1. The molecule has 0 bridgehead atoms. The molecule has 3 heterocycles. The molecule has 1 amide bonds. The number of carbonyl (C=O) groups is 1. The zero-order valence-corrected chi connectivity index (χ0v) is 18.3. The molecular formula is C25H21NO7. The fourth-order valence-corrected chi connectivity index (χ4v) is 4.31. The van der Waals surface area contributed by atoms with Crippen molar-refractivity contribution in [1.82, 2.24) is 4.90 Å². The van der Waals surface area contributed by atoms with Crippen molar-refractivity contribution in [1.29, 1.82) is 0 Å². The van der Waals surface area contributed by atoms with Crippen LogP contribution in [0.1, 0.15) is 33.5 Å². The summed E-state index contributed by atoms with van der Waals surface area (Å²) in [6, 6.07) is 13.1. The average Bonchev–Trinajstić information content (AvgIpc) is 3.45. The molecule has 2 aromatic heterocycles. The van der Waals surface area contributed by atoms with E-state index in [2.05, 4.69) is 0 Å². The molecule has 0 unspecified atom stereocenters. The van der Waals surface area contributed by atoms with E-state index < -0.39 is 11.9 Å². The normalized spacial score (nSPS) is 15.1. The van der Waals surface area contributed by atoms with Gasteiger partial charge in [0, 0.05) is 0 Å². The van der Waals surface area contributed by atoms with Gasteiger partial charge in [-0.15, -0.1) is 0 Å². The van der Waals surface area contributed by atoms with E-state index in [9.17, 15) is 9.59 Å². The number of ether oxygens (including phenoxy) is 3. The van der Waals surface area contributed by atoms with Crippen molar-refractivity contribution in [2.75, 3.05) is 21.3 Å². The topological polar surface area (TPSA) is 91.4 Å². The molecule has 0 saturated heterocycles. The van der Waals surface area contributed by atoms with Crippen molar-refractivity contribution in [3.63, 3.8) is 0 Å². The van der Waals surface area contributed by atoms with Gasteiger partial charge in [-0.3, -0.25) is 9.59 Å². The highest BCUT2D eigenvalue weighted by atomic mass is 16.5. The molecule has 8 heteroatoms. The fourth-order valence-electron chi connectivity index (χ4n) is 4.31. The second-order valence-electron chi connectivity index (χ2n) is 7.54. The van der Waals surface area contributed by atoms with Crippen LogP contribution in [0, 0.1) is 0 Å². The molecule has 168 valence electrons. The predicted molar refractivity (Wildman–Crippen MR) is 119 cm³/mol. The molecule has 0 saturated carbocycles. The van der Waals surface area contributed by atoms with Crippen molar-refractivity contribution >= 4 is 16.9 Å². The van der Waals surface area contributed by atoms with Gasteiger partial charge in [-0.2, -0.15) is 0 Å². The van der Waals surface area contributed by atoms with Crippen molar-refractivity contribution in [2.45, 2.75) is 12.6 Å². The number of benzene rings is 2. The number of carbonyl (C=O) groups excluding carboxylic acids is 1. The van der Waals surface area contributed by atoms with Crippen LogP contribution in [0.2, 0.25) is 0 Å². The Bertz CT molecular complexity index is 1380. The lowest BCUT2D eigenvalue weighted by Crippen LogP contribution is -2.29. The monoisotopic (exact) mass is 447 g/mol. The quantitative estimate of drug-likeness (QED) is 0.438. The number of rotatable bonds is 6. The summed E-state index contributed by atoms with van der Waals surface area (Å²) in [5.41, 5.74) is 0.976. The lowest BCUT2D eigenvalue weighted by Gasteiger charge is -2.25. The molecule has 4 aromatic rings. The van der Waals surface area contributed by atoms with Gasteiger partial charge in [-0.1, -0.05) is 12.1 Å². The van der Waals surface area contributed by atoms with Crippen LogP contribution in [0.3, 0.4) is 0 Å². The van der Waals surface area contributed by atoms with Gasteiger partial charge in [-0.05, 0) is 42.0 Å². The zero-order valence-electron chi connectivity index (χ0n) is 18.3. The van der Waals surface area contributed by atoms with Crippen LogP contribution in [-0.4, -0.2) is 32.1 Å². The number of para-hydroxylation sites is 1. The van der Waals surface area contributed by atoms with Gasteiger partial charge in [-0.25, -0.2) is 0 Å². The number of fused-ring (bicyclic) bond motifs is 2. The molecule has 8 nitrogen and oxygen atoms in total. The molecular weight excluding hydrogens is 426 g/mol. The minimum atomic E-state index is -0.743. The second kappa shape index (κ2) is 8.05. The van der Waals surface area contributed by atoms with E-state index >= 15 is 0 Å². The maximum Gasteiger partial charge on any atom is 0.291 e.